The van der Waals surface area contributed by atoms with Crippen molar-refractivity contribution < 1.29 is 4.74 Å². The average molecular weight is 255 g/mol. The van der Waals surface area contributed by atoms with Gasteiger partial charge in [-0.3, -0.25) is 0 Å². The first-order chi connectivity index (χ1) is 9.20. The van der Waals surface area contributed by atoms with Gasteiger partial charge in [0.05, 0.1) is 7.11 Å². The zero-order chi connectivity index (χ0) is 13.7. The molecule has 19 heavy (non-hydrogen) atoms. The molecule has 2 aromatic carbocycles. The molecule has 2 atom stereocenters. The molecule has 0 fully saturated rings. The Morgan fingerprint density at radius 2 is 1.47 bits per heavy atom. The zero-order valence-corrected chi connectivity index (χ0v) is 11.8. The molecule has 0 bridgehead atoms. The van der Waals surface area contributed by atoms with E-state index in [-0.39, 0.29) is 6.04 Å². The van der Waals surface area contributed by atoms with Crippen molar-refractivity contribution in [3.63, 3.8) is 0 Å². The molecule has 0 spiro atoms. The fraction of sp³-hybridized carbons (Fsp3) is 0.294. The maximum absolute atomic E-state index is 5.27. The second kappa shape index (κ2) is 6.39. The van der Waals surface area contributed by atoms with Crippen molar-refractivity contribution in [2.24, 2.45) is 0 Å². The summed E-state index contributed by atoms with van der Waals surface area (Å²) in [4.78, 5) is 0. The highest BCUT2D eigenvalue weighted by Crippen LogP contribution is 2.22. The van der Waals surface area contributed by atoms with Crippen LogP contribution in [0, 0.1) is 0 Å². The summed E-state index contributed by atoms with van der Waals surface area (Å²) in [5, 5.41) is 3.61. The molecule has 0 saturated heterocycles. The molecular formula is C17H21NO. The van der Waals surface area contributed by atoms with Crippen molar-refractivity contribution in [1.82, 2.24) is 5.32 Å². The van der Waals surface area contributed by atoms with Crippen LogP contribution in [0.1, 0.15) is 37.1 Å². The fourth-order valence-corrected chi connectivity index (χ4v) is 2.22. The Kier molecular flexibility index (Phi) is 4.58. The number of methoxy groups -OCH3 is 1. The largest absolute Gasteiger partial charge is 0.497 e. The number of ether oxygens (including phenoxy) is 1. The molecule has 0 aromatic heterocycles. The predicted octanol–water partition coefficient (Wildman–Crippen LogP) is 4.11. The predicted molar refractivity (Wildman–Crippen MR) is 79.4 cm³/mol. The highest BCUT2D eigenvalue weighted by atomic mass is 16.5. The lowest BCUT2D eigenvalue weighted by atomic mass is 10.0. The van der Waals surface area contributed by atoms with E-state index in [1.54, 1.807) is 7.11 Å². The van der Waals surface area contributed by atoms with Crippen LogP contribution < -0.4 is 10.1 Å². The van der Waals surface area contributed by atoms with Crippen LogP contribution in [0.25, 0.3) is 0 Å². The zero-order valence-electron chi connectivity index (χ0n) is 11.8. The summed E-state index contributed by atoms with van der Waals surface area (Å²) < 4.78 is 5.27. The molecule has 100 valence electrons. The summed E-state index contributed by atoms with van der Waals surface area (Å²) in [6, 6.07) is 19.3. The van der Waals surface area contributed by atoms with Crippen molar-refractivity contribution >= 4 is 0 Å². The lowest BCUT2D eigenvalue weighted by molar-refractivity contribution is 0.412. The molecule has 0 radical (unpaired) electrons. The smallest absolute Gasteiger partial charge is 0.119 e. The van der Waals surface area contributed by atoms with Gasteiger partial charge in [0, 0.05) is 12.1 Å². The topological polar surface area (TPSA) is 21.3 Å². The molecule has 2 rings (SSSR count). The van der Waals surface area contributed by atoms with Crippen LogP contribution in [0.2, 0.25) is 0 Å². The van der Waals surface area contributed by atoms with Gasteiger partial charge in [-0.2, -0.15) is 0 Å². The maximum atomic E-state index is 5.27. The molecule has 0 aliphatic heterocycles. The molecule has 2 aromatic rings. The van der Waals surface area contributed by atoms with Gasteiger partial charge in [-0.25, -0.2) is 0 Å². The highest BCUT2D eigenvalue weighted by Gasteiger charge is 2.11. The van der Waals surface area contributed by atoms with Crippen LogP contribution in [-0.2, 0) is 0 Å². The van der Waals surface area contributed by atoms with Gasteiger partial charge in [0.1, 0.15) is 5.75 Å². The third-order valence-electron chi connectivity index (χ3n) is 3.39. The fourth-order valence-electron chi connectivity index (χ4n) is 2.22. The highest BCUT2D eigenvalue weighted by molar-refractivity contribution is 5.30. The van der Waals surface area contributed by atoms with E-state index in [0.29, 0.717) is 6.04 Å². The van der Waals surface area contributed by atoms with Gasteiger partial charge in [-0.1, -0.05) is 42.5 Å². The van der Waals surface area contributed by atoms with E-state index in [0.717, 1.165) is 5.75 Å². The monoisotopic (exact) mass is 255 g/mol. The van der Waals surface area contributed by atoms with Crippen molar-refractivity contribution in [3.05, 3.63) is 65.7 Å². The Hall–Kier alpha value is -1.80. The van der Waals surface area contributed by atoms with Crippen molar-refractivity contribution in [3.8, 4) is 5.75 Å². The van der Waals surface area contributed by atoms with Gasteiger partial charge in [0.25, 0.3) is 0 Å². The van der Waals surface area contributed by atoms with Crippen LogP contribution in [0.4, 0.5) is 0 Å². The second-order valence-electron chi connectivity index (χ2n) is 4.80. The lowest BCUT2D eigenvalue weighted by Crippen LogP contribution is -2.22. The quantitative estimate of drug-likeness (QED) is 0.868. The van der Waals surface area contributed by atoms with Gasteiger partial charge in [0.15, 0.2) is 0 Å². The molecule has 2 nitrogen and oxygen atoms in total. The number of hydrogen-bond donors (Lipinski definition) is 1. The number of nitrogens with one attached hydrogen (secondary N) is 1. The summed E-state index contributed by atoms with van der Waals surface area (Å²) in [6.45, 7) is 4.36. The normalized spacial score (nSPS) is 13.8. The van der Waals surface area contributed by atoms with Gasteiger partial charge in [-0.15, -0.1) is 0 Å². The summed E-state index contributed by atoms with van der Waals surface area (Å²) in [6.07, 6.45) is 0. The first kappa shape index (κ1) is 13.6. The third-order valence-corrected chi connectivity index (χ3v) is 3.39. The standard InChI is InChI=1S/C17H21NO/c1-13(15-8-5-4-6-9-15)18-14(2)16-10-7-11-17(12-16)19-3/h4-14,18H,1-3H3/t13-,14-/m0/s1. The van der Waals surface area contributed by atoms with Crippen molar-refractivity contribution in [2.75, 3.05) is 7.11 Å². The summed E-state index contributed by atoms with van der Waals surface area (Å²) in [5.41, 5.74) is 2.54. The first-order valence-corrected chi connectivity index (χ1v) is 6.65. The Morgan fingerprint density at radius 1 is 0.842 bits per heavy atom. The van der Waals surface area contributed by atoms with Gasteiger partial charge in [0.2, 0.25) is 0 Å². The Labute approximate surface area is 115 Å². The van der Waals surface area contributed by atoms with Gasteiger partial charge < -0.3 is 10.1 Å². The van der Waals surface area contributed by atoms with E-state index in [9.17, 15) is 0 Å². The van der Waals surface area contributed by atoms with Crippen molar-refractivity contribution in [1.29, 1.82) is 0 Å². The van der Waals surface area contributed by atoms with Gasteiger partial charge >= 0.3 is 0 Å². The molecule has 0 heterocycles. The molecule has 0 aliphatic rings. The molecule has 0 aliphatic carbocycles. The van der Waals surface area contributed by atoms with Crippen LogP contribution >= 0.6 is 0 Å². The minimum absolute atomic E-state index is 0.283. The first-order valence-electron chi connectivity index (χ1n) is 6.65. The average Bonchev–Trinajstić information content (AvgIpc) is 2.48. The van der Waals surface area contributed by atoms with E-state index in [1.165, 1.54) is 11.1 Å². The Morgan fingerprint density at radius 3 is 2.16 bits per heavy atom. The van der Waals surface area contributed by atoms with E-state index in [2.05, 4.69) is 55.6 Å². The minimum atomic E-state index is 0.283. The molecule has 0 saturated carbocycles. The summed E-state index contributed by atoms with van der Waals surface area (Å²) in [7, 11) is 1.70. The van der Waals surface area contributed by atoms with E-state index in [4.69, 9.17) is 4.74 Å². The van der Waals surface area contributed by atoms with E-state index >= 15 is 0 Å². The maximum Gasteiger partial charge on any atom is 0.119 e. The third kappa shape index (κ3) is 3.58. The molecule has 0 amide bonds. The summed E-state index contributed by atoms with van der Waals surface area (Å²) in [5.74, 6) is 0.901. The molecule has 0 unspecified atom stereocenters. The summed E-state index contributed by atoms with van der Waals surface area (Å²) >= 11 is 0. The molecule has 1 N–H and O–H groups in total. The molecule has 2 heteroatoms. The van der Waals surface area contributed by atoms with Crippen LogP contribution in [0.5, 0.6) is 5.75 Å². The minimum Gasteiger partial charge on any atom is -0.497 e. The Balaban J connectivity index is 2.06. The number of benzene rings is 2. The van der Waals surface area contributed by atoms with E-state index in [1.807, 2.05) is 18.2 Å². The Bertz CT molecular complexity index is 510. The second-order valence-corrected chi connectivity index (χ2v) is 4.80. The lowest BCUT2D eigenvalue weighted by Gasteiger charge is -2.21. The van der Waals surface area contributed by atoms with Gasteiger partial charge in [-0.05, 0) is 37.1 Å². The van der Waals surface area contributed by atoms with E-state index < -0.39 is 0 Å². The SMILES string of the molecule is COc1cccc([C@H](C)N[C@@H](C)c2ccccc2)c1. The number of hydrogen-bond acceptors (Lipinski definition) is 2. The van der Waals surface area contributed by atoms with Crippen molar-refractivity contribution in [2.45, 2.75) is 25.9 Å². The molecular weight excluding hydrogens is 234 g/mol. The van der Waals surface area contributed by atoms with Crippen LogP contribution in [0.15, 0.2) is 54.6 Å². The van der Waals surface area contributed by atoms with Crippen LogP contribution in [0.3, 0.4) is 0 Å². The number of rotatable bonds is 5. The van der Waals surface area contributed by atoms with Crippen LogP contribution in [-0.4, -0.2) is 7.11 Å².